The second-order valence-corrected chi connectivity index (χ2v) is 5.25. The minimum Gasteiger partial charge on any atom is -0.618 e. The molecule has 0 saturated heterocycles. The number of nitrogen functional groups attached to an aromatic ring is 1. The van der Waals surface area contributed by atoms with E-state index in [1.807, 2.05) is 0 Å². The van der Waals surface area contributed by atoms with E-state index in [9.17, 15) is 23.2 Å². The summed E-state index contributed by atoms with van der Waals surface area (Å²) in [7, 11) is 0. The van der Waals surface area contributed by atoms with E-state index >= 15 is 0 Å². The molecule has 0 radical (unpaired) electrons. The van der Waals surface area contributed by atoms with Crippen molar-refractivity contribution in [2.24, 2.45) is 0 Å². The fraction of sp³-hybridized carbons (Fsp3) is 0. The van der Waals surface area contributed by atoms with Crippen molar-refractivity contribution in [3.05, 3.63) is 88.5 Å². The first-order valence-electron chi connectivity index (χ1n) is 7.16. The van der Waals surface area contributed by atoms with E-state index in [1.54, 1.807) is 0 Å². The molecular formula is C18H11F3N2O2. The van der Waals surface area contributed by atoms with Crippen LogP contribution in [0.2, 0.25) is 0 Å². The number of nitrogens with two attached hydrogens (primary N) is 1. The van der Waals surface area contributed by atoms with Crippen LogP contribution in [0.5, 0.6) is 0 Å². The van der Waals surface area contributed by atoms with Gasteiger partial charge in [0.25, 0.3) is 5.69 Å². The average molecular weight is 344 g/mol. The van der Waals surface area contributed by atoms with E-state index in [0.29, 0.717) is 10.8 Å². The number of hydrogen-bond donors (Lipinski definition) is 1. The van der Waals surface area contributed by atoms with Crippen molar-refractivity contribution in [2.75, 3.05) is 5.73 Å². The summed E-state index contributed by atoms with van der Waals surface area (Å²) in [4.78, 5) is 12.5. The minimum absolute atomic E-state index is 0.0933. The van der Waals surface area contributed by atoms with Gasteiger partial charge in [0.1, 0.15) is 23.1 Å². The largest absolute Gasteiger partial charge is 0.618 e. The van der Waals surface area contributed by atoms with Crippen molar-refractivity contribution in [2.45, 2.75) is 0 Å². The number of anilines is 1. The van der Waals surface area contributed by atoms with Gasteiger partial charge in [-0.3, -0.25) is 4.79 Å². The van der Waals surface area contributed by atoms with Crippen molar-refractivity contribution in [1.29, 1.82) is 0 Å². The van der Waals surface area contributed by atoms with Crippen LogP contribution < -0.4 is 10.5 Å². The van der Waals surface area contributed by atoms with Crippen LogP contribution in [0.3, 0.4) is 0 Å². The number of aromatic nitrogens is 1. The van der Waals surface area contributed by atoms with Gasteiger partial charge >= 0.3 is 0 Å². The summed E-state index contributed by atoms with van der Waals surface area (Å²) in [5.41, 5.74) is 4.66. The summed E-state index contributed by atoms with van der Waals surface area (Å²) in [6, 6.07) is 9.01. The molecule has 0 saturated carbocycles. The van der Waals surface area contributed by atoms with Crippen LogP contribution in [-0.2, 0) is 0 Å². The van der Waals surface area contributed by atoms with Gasteiger partial charge in [-0.05, 0) is 24.3 Å². The summed E-state index contributed by atoms with van der Waals surface area (Å²) in [5.74, 6) is -3.43. The Morgan fingerprint density at radius 1 is 0.960 bits per heavy atom. The fourth-order valence-electron chi connectivity index (χ4n) is 2.49. The molecule has 0 atom stereocenters. The van der Waals surface area contributed by atoms with Crippen LogP contribution in [-0.4, -0.2) is 5.78 Å². The topological polar surface area (TPSA) is 70.0 Å². The standard InChI is InChI=1S/C18H11F3N2O2/c19-10-5-6-12(15(21)9-10)18(24)13-7-8-23(25)17(16(13)22)11-3-1-2-4-14(11)20/h1-9H,22H2. The maximum absolute atomic E-state index is 14.0. The smallest absolute Gasteiger partial charge is 0.250 e. The third kappa shape index (κ3) is 2.91. The lowest BCUT2D eigenvalue weighted by Gasteiger charge is -2.12. The second kappa shape index (κ2) is 6.27. The molecule has 2 aromatic carbocycles. The molecule has 0 aliphatic rings. The molecule has 1 heterocycles. The molecule has 3 aromatic rings. The first-order chi connectivity index (χ1) is 11.9. The third-order valence-corrected chi connectivity index (χ3v) is 3.69. The Labute approximate surface area is 140 Å². The summed E-state index contributed by atoms with van der Waals surface area (Å²) in [6.07, 6.45) is 0.979. The van der Waals surface area contributed by atoms with Crippen LogP contribution in [0.4, 0.5) is 18.9 Å². The van der Waals surface area contributed by atoms with Gasteiger partial charge < -0.3 is 10.9 Å². The highest BCUT2D eigenvalue weighted by molar-refractivity contribution is 6.13. The minimum atomic E-state index is -1.06. The number of benzene rings is 2. The lowest BCUT2D eigenvalue weighted by molar-refractivity contribution is -0.593. The van der Waals surface area contributed by atoms with Crippen molar-refractivity contribution in [3.63, 3.8) is 0 Å². The lowest BCUT2D eigenvalue weighted by Crippen LogP contribution is -2.31. The van der Waals surface area contributed by atoms with Gasteiger partial charge in [0.05, 0.1) is 16.7 Å². The third-order valence-electron chi connectivity index (χ3n) is 3.69. The van der Waals surface area contributed by atoms with E-state index in [1.165, 1.54) is 18.2 Å². The van der Waals surface area contributed by atoms with Crippen LogP contribution in [0.25, 0.3) is 11.3 Å². The molecule has 126 valence electrons. The second-order valence-electron chi connectivity index (χ2n) is 5.25. The normalized spacial score (nSPS) is 10.7. The molecule has 0 bridgehead atoms. The highest BCUT2D eigenvalue weighted by atomic mass is 19.1. The number of halogens is 3. The summed E-state index contributed by atoms with van der Waals surface area (Å²) < 4.78 is 41.2. The maximum atomic E-state index is 14.0. The number of nitrogens with zero attached hydrogens (tertiary/aromatic N) is 1. The Morgan fingerprint density at radius 2 is 1.68 bits per heavy atom. The van der Waals surface area contributed by atoms with E-state index in [-0.39, 0.29) is 22.5 Å². The zero-order valence-corrected chi connectivity index (χ0v) is 12.7. The van der Waals surface area contributed by atoms with Gasteiger partial charge in [0.2, 0.25) is 0 Å². The van der Waals surface area contributed by atoms with E-state index in [4.69, 9.17) is 5.73 Å². The van der Waals surface area contributed by atoms with Crippen molar-refractivity contribution < 1.29 is 22.7 Å². The van der Waals surface area contributed by atoms with E-state index in [2.05, 4.69) is 0 Å². The maximum Gasteiger partial charge on any atom is 0.250 e. The van der Waals surface area contributed by atoms with Gasteiger partial charge in [0.15, 0.2) is 12.0 Å². The van der Waals surface area contributed by atoms with Crippen molar-refractivity contribution >= 4 is 11.5 Å². The molecule has 25 heavy (non-hydrogen) atoms. The van der Waals surface area contributed by atoms with Gasteiger partial charge in [-0.1, -0.05) is 12.1 Å². The van der Waals surface area contributed by atoms with Crippen LogP contribution in [0.15, 0.2) is 54.7 Å². The SMILES string of the molecule is Nc1c(C(=O)c2ccc(F)cc2F)cc[n+]([O-])c1-c1ccccc1F. The van der Waals surface area contributed by atoms with Gasteiger partial charge in [-0.25, -0.2) is 13.2 Å². The quantitative estimate of drug-likeness (QED) is 0.451. The van der Waals surface area contributed by atoms with E-state index in [0.717, 1.165) is 30.5 Å². The number of carbonyl (C=O) groups excluding carboxylic acids is 1. The molecule has 0 aliphatic carbocycles. The molecule has 0 amide bonds. The molecule has 2 N–H and O–H groups in total. The molecule has 7 heteroatoms. The van der Waals surface area contributed by atoms with Gasteiger partial charge in [-0.2, -0.15) is 4.73 Å². The Kier molecular flexibility index (Phi) is 4.14. The predicted octanol–water partition coefficient (Wildman–Crippen LogP) is 3.22. The molecule has 1 aromatic heterocycles. The monoisotopic (exact) mass is 344 g/mol. The molecular weight excluding hydrogens is 333 g/mol. The Hall–Kier alpha value is -3.35. The fourth-order valence-corrected chi connectivity index (χ4v) is 2.49. The van der Waals surface area contributed by atoms with Crippen molar-refractivity contribution in [3.8, 4) is 11.3 Å². The number of hydrogen-bond acceptors (Lipinski definition) is 3. The molecule has 0 fully saturated rings. The first-order valence-corrected chi connectivity index (χ1v) is 7.16. The average Bonchev–Trinajstić information content (AvgIpc) is 2.56. The van der Waals surface area contributed by atoms with E-state index < -0.39 is 28.8 Å². The predicted molar refractivity (Wildman–Crippen MR) is 85.0 cm³/mol. The molecule has 0 unspecified atom stereocenters. The Morgan fingerprint density at radius 3 is 2.36 bits per heavy atom. The van der Waals surface area contributed by atoms with Gasteiger partial charge in [0, 0.05) is 12.1 Å². The lowest BCUT2D eigenvalue weighted by atomic mass is 9.99. The van der Waals surface area contributed by atoms with Gasteiger partial charge in [-0.15, -0.1) is 0 Å². The van der Waals surface area contributed by atoms with Crippen LogP contribution >= 0.6 is 0 Å². The number of ketones is 1. The summed E-state index contributed by atoms with van der Waals surface area (Å²) >= 11 is 0. The molecule has 0 spiro atoms. The Balaban J connectivity index is 2.17. The highest BCUT2D eigenvalue weighted by Gasteiger charge is 2.25. The van der Waals surface area contributed by atoms with Crippen LogP contribution in [0.1, 0.15) is 15.9 Å². The van der Waals surface area contributed by atoms with Crippen molar-refractivity contribution in [1.82, 2.24) is 0 Å². The number of pyridine rings is 1. The summed E-state index contributed by atoms with van der Waals surface area (Å²) in [5, 5.41) is 12.1. The highest BCUT2D eigenvalue weighted by Crippen LogP contribution is 2.29. The molecule has 0 aliphatic heterocycles. The Bertz CT molecular complexity index is 990. The van der Waals surface area contributed by atoms with Crippen LogP contribution in [0, 0.1) is 22.7 Å². The zero-order chi connectivity index (χ0) is 18.1. The first kappa shape index (κ1) is 16.5. The zero-order valence-electron chi connectivity index (χ0n) is 12.7. The molecule has 3 rings (SSSR count). The number of rotatable bonds is 3. The summed E-state index contributed by atoms with van der Waals surface area (Å²) in [6.45, 7) is 0. The number of carbonyl (C=O) groups is 1. The molecule has 4 nitrogen and oxygen atoms in total.